The Hall–Kier alpha value is -0.120. The highest BCUT2D eigenvalue weighted by Crippen LogP contribution is 2.37. The zero-order valence-corrected chi connectivity index (χ0v) is 13.4. The lowest BCUT2D eigenvalue weighted by atomic mass is 9.73. The fourth-order valence-electron chi connectivity index (χ4n) is 3.63. The second-order valence-corrected chi connectivity index (χ2v) is 8.24. The van der Waals surface area contributed by atoms with Gasteiger partial charge in [-0.05, 0) is 45.4 Å². The fourth-order valence-corrected chi connectivity index (χ4v) is 3.63. The van der Waals surface area contributed by atoms with Crippen LogP contribution in [0, 0.1) is 5.41 Å². The topological polar surface area (TPSA) is 26.7 Å². The van der Waals surface area contributed by atoms with Gasteiger partial charge in [0.2, 0.25) is 0 Å². The SMILES string of the molecule is CC1(C)CCC(O)C(N2CCN(C(C)(C)C)CC2)C1. The van der Waals surface area contributed by atoms with Crippen molar-refractivity contribution in [1.82, 2.24) is 9.80 Å². The molecule has 1 N–H and O–H groups in total. The quantitative estimate of drug-likeness (QED) is 0.791. The van der Waals surface area contributed by atoms with Gasteiger partial charge in [0.25, 0.3) is 0 Å². The van der Waals surface area contributed by atoms with Gasteiger partial charge < -0.3 is 5.11 Å². The molecule has 1 aliphatic carbocycles. The molecule has 0 amide bonds. The van der Waals surface area contributed by atoms with Crippen molar-refractivity contribution in [3.63, 3.8) is 0 Å². The summed E-state index contributed by atoms with van der Waals surface area (Å²) in [5.41, 5.74) is 0.668. The van der Waals surface area contributed by atoms with E-state index in [1.807, 2.05) is 0 Å². The van der Waals surface area contributed by atoms with Crippen LogP contribution in [0.15, 0.2) is 0 Å². The predicted octanol–water partition coefficient (Wildman–Crippen LogP) is 2.34. The summed E-state index contributed by atoms with van der Waals surface area (Å²) in [5.74, 6) is 0. The summed E-state index contributed by atoms with van der Waals surface area (Å²) < 4.78 is 0. The van der Waals surface area contributed by atoms with Gasteiger partial charge >= 0.3 is 0 Å². The number of aliphatic hydroxyl groups is 1. The van der Waals surface area contributed by atoms with Crippen molar-refractivity contribution in [3.05, 3.63) is 0 Å². The maximum Gasteiger partial charge on any atom is 0.0695 e. The minimum absolute atomic E-state index is 0.116. The van der Waals surface area contributed by atoms with E-state index < -0.39 is 0 Å². The van der Waals surface area contributed by atoms with Gasteiger partial charge in [-0.3, -0.25) is 9.80 Å². The molecule has 19 heavy (non-hydrogen) atoms. The average molecular weight is 268 g/mol. The molecule has 3 nitrogen and oxygen atoms in total. The molecule has 2 rings (SSSR count). The van der Waals surface area contributed by atoms with Crippen LogP contribution in [0.3, 0.4) is 0 Å². The maximum absolute atomic E-state index is 10.3. The number of rotatable bonds is 1. The van der Waals surface area contributed by atoms with Gasteiger partial charge in [0, 0.05) is 37.8 Å². The van der Waals surface area contributed by atoms with E-state index in [0.717, 1.165) is 45.4 Å². The first-order chi connectivity index (χ1) is 8.69. The molecule has 0 spiro atoms. The lowest BCUT2D eigenvalue weighted by Crippen LogP contribution is -2.59. The van der Waals surface area contributed by atoms with Crippen molar-refractivity contribution in [3.8, 4) is 0 Å². The van der Waals surface area contributed by atoms with Gasteiger partial charge in [-0.25, -0.2) is 0 Å². The van der Waals surface area contributed by atoms with Crippen LogP contribution in [0.4, 0.5) is 0 Å². The summed E-state index contributed by atoms with van der Waals surface area (Å²) in [7, 11) is 0. The van der Waals surface area contributed by atoms with E-state index in [0.29, 0.717) is 11.5 Å². The summed E-state index contributed by atoms with van der Waals surface area (Å²) >= 11 is 0. The standard InChI is InChI=1S/C16H32N2O/c1-15(2,3)18-10-8-17(9-11-18)13-12-16(4,5)7-6-14(13)19/h13-14,19H,6-12H2,1-5H3. The molecule has 0 aromatic heterocycles. The first-order valence-corrected chi connectivity index (χ1v) is 7.86. The summed E-state index contributed by atoms with van der Waals surface area (Å²) in [6, 6.07) is 0.380. The summed E-state index contributed by atoms with van der Waals surface area (Å²) in [6.45, 7) is 16.0. The smallest absolute Gasteiger partial charge is 0.0695 e. The Labute approximate surface area is 119 Å². The second-order valence-electron chi connectivity index (χ2n) is 8.24. The lowest BCUT2D eigenvalue weighted by Gasteiger charge is -2.49. The van der Waals surface area contributed by atoms with Crippen LogP contribution in [-0.4, -0.2) is 58.8 Å². The van der Waals surface area contributed by atoms with Crippen LogP contribution >= 0.6 is 0 Å². The molecular formula is C16H32N2O. The molecule has 2 fully saturated rings. The first kappa shape index (κ1) is 15.3. The average Bonchev–Trinajstić information content (AvgIpc) is 2.31. The van der Waals surface area contributed by atoms with Crippen LogP contribution in [0.2, 0.25) is 0 Å². The molecule has 1 heterocycles. The molecule has 112 valence electrons. The third-order valence-electron chi connectivity index (χ3n) is 5.05. The molecule has 2 aliphatic rings. The van der Waals surface area contributed by atoms with E-state index in [2.05, 4.69) is 44.4 Å². The Bertz CT molecular complexity index is 300. The molecule has 0 aromatic rings. The molecular weight excluding hydrogens is 236 g/mol. The van der Waals surface area contributed by atoms with Crippen molar-refractivity contribution in [2.45, 2.75) is 71.6 Å². The fraction of sp³-hybridized carbons (Fsp3) is 1.00. The summed E-state index contributed by atoms with van der Waals surface area (Å²) in [6.07, 6.45) is 3.15. The number of hydrogen-bond acceptors (Lipinski definition) is 3. The third kappa shape index (κ3) is 3.71. The summed E-state index contributed by atoms with van der Waals surface area (Å²) in [4.78, 5) is 5.09. The Morgan fingerprint density at radius 3 is 2.16 bits per heavy atom. The van der Waals surface area contributed by atoms with Crippen LogP contribution in [0.5, 0.6) is 0 Å². The Morgan fingerprint density at radius 2 is 1.63 bits per heavy atom. The second kappa shape index (κ2) is 5.34. The molecule has 0 bridgehead atoms. The zero-order valence-electron chi connectivity index (χ0n) is 13.4. The van der Waals surface area contributed by atoms with E-state index in [9.17, 15) is 5.11 Å². The zero-order chi connectivity index (χ0) is 14.3. The molecule has 2 unspecified atom stereocenters. The predicted molar refractivity (Wildman–Crippen MR) is 80.3 cm³/mol. The van der Waals surface area contributed by atoms with Crippen molar-refractivity contribution in [1.29, 1.82) is 0 Å². The Balaban J connectivity index is 1.93. The Morgan fingerprint density at radius 1 is 1.05 bits per heavy atom. The van der Waals surface area contributed by atoms with Crippen LogP contribution in [-0.2, 0) is 0 Å². The lowest BCUT2D eigenvalue weighted by molar-refractivity contribution is -0.0439. The van der Waals surface area contributed by atoms with Gasteiger partial charge in [0.15, 0.2) is 0 Å². The maximum atomic E-state index is 10.3. The van der Waals surface area contributed by atoms with E-state index in [1.165, 1.54) is 0 Å². The third-order valence-corrected chi connectivity index (χ3v) is 5.05. The van der Waals surface area contributed by atoms with Gasteiger partial charge in [-0.1, -0.05) is 13.8 Å². The first-order valence-electron chi connectivity index (χ1n) is 7.86. The minimum atomic E-state index is -0.116. The van der Waals surface area contributed by atoms with Crippen molar-refractivity contribution in [2.75, 3.05) is 26.2 Å². The van der Waals surface area contributed by atoms with Gasteiger partial charge in [-0.15, -0.1) is 0 Å². The number of hydrogen-bond donors (Lipinski definition) is 1. The highest BCUT2D eigenvalue weighted by molar-refractivity contribution is 4.93. The molecule has 1 aliphatic heterocycles. The highest BCUT2D eigenvalue weighted by atomic mass is 16.3. The van der Waals surface area contributed by atoms with Gasteiger partial charge in [0.05, 0.1) is 6.10 Å². The monoisotopic (exact) mass is 268 g/mol. The number of nitrogens with zero attached hydrogens (tertiary/aromatic N) is 2. The highest BCUT2D eigenvalue weighted by Gasteiger charge is 2.38. The summed E-state index contributed by atoms with van der Waals surface area (Å²) in [5, 5.41) is 10.3. The van der Waals surface area contributed by atoms with Crippen LogP contribution in [0.1, 0.15) is 53.9 Å². The van der Waals surface area contributed by atoms with Gasteiger partial charge in [0.1, 0.15) is 0 Å². The minimum Gasteiger partial charge on any atom is -0.391 e. The molecule has 1 saturated carbocycles. The van der Waals surface area contributed by atoms with E-state index in [-0.39, 0.29) is 11.6 Å². The van der Waals surface area contributed by atoms with Crippen LogP contribution < -0.4 is 0 Å². The van der Waals surface area contributed by atoms with Crippen molar-refractivity contribution >= 4 is 0 Å². The van der Waals surface area contributed by atoms with E-state index in [4.69, 9.17) is 0 Å². The number of piperazine rings is 1. The van der Waals surface area contributed by atoms with Crippen molar-refractivity contribution < 1.29 is 5.11 Å². The molecule has 2 atom stereocenters. The number of aliphatic hydroxyl groups excluding tert-OH is 1. The van der Waals surface area contributed by atoms with Crippen molar-refractivity contribution in [2.24, 2.45) is 5.41 Å². The Kier molecular flexibility index (Phi) is 4.29. The van der Waals surface area contributed by atoms with Crippen LogP contribution in [0.25, 0.3) is 0 Å². The van der Waals surface area contributed by atoms with E-state index >= 15 is 0 Å². The largest absolute Gasteiger partial charge is 0.391 e. The molecule has 1 saturated heterocycles. The van der Waals surface area contributed by atoms with Gasteiger partial charge in [-0.2, -0.15) is 0 Å². The molecule has 0 aromatic carbocycles. The van der Waals surface area contributed by atoms with E-state index in [1.54, 1.807) is 0 Å². The molecule has 0 radical (unpaired) electrons. The normalized spacial score (nSPS) is 34.4. The molecule has 3 heteroatoms.